The lowest BCUT2D eigenvalue weighted by Gasteiger charge is -2.10. The summed E-state index contributed by atoms with van der Waals surface area (Å²) in [5.41, 5.74) is 2.37. The predicted molar refractivity (Wildman–Crippen MR) is 97.9 cm³/mol. The molecule has 0 radical (unpaired) electrons. The van der Waals surface area contributed by atoms with E-state index in [9.17, 15) is 4.79 Å². The lowest BCUT2D eigenvalue weighted by molar-refractivity contribution is 0.236. The molecular formula is C19H23ClN2O2. The Balaban J connectivity index is 1.58. The Morgan fingerprint density at radius 1 is 1.04 bits per heavy atom. The van der Waals surface area contributed by atoms with Crippen LogP contribution in [-0.2, 0) is 12.8 Å². The van der Waals surface area contributed by atoms with E-state index >= 15 is 0 Å². The van der Waals surface area contributed by atoms with Crippen molar-refractivity contribution in [3.8, 4) is 5.75 Å². The van der Waals surface area contributed by atoms with Crippen LogP contribution in [0.15, 0.2) is 48.5 Å². The van der Waals surface area contributed by atoms with Crippen molar-refractivity contribution in [3.05, 3.63) is 64.7 Å². The fraction of sp³-hybridized carbons (Fsp3) is 0.316. The minimum absolute atomic E-state index is 0.185. The lowest BCUT2D eigenvalue weighted by Crippen LogP contribution is -2.38. The summed E-state index contributed by atoms with van der Waals surface area (Å²) in [5, 5.41) is 6.32. The van der Waals surface area contributed by atoms with E-state index in [1.165, 1.54) is 5.56 Å². The van der Waals surface area contributed by atoms with Gasteiger partial charge in [0.2, 0.25) is 0 Å². The van der Waals surface area contributed by atoms with Crippen molar-refractivity contribution in [1.29, 1.82) is 0 Å². The average molecular weight is 347 g/mol. The van der Waals surface area contributed by atoms with Crippen molar-refractivity contribution >= 4 is 17.6 Å². The van der Waals surface area contributed by atoms with E-state index in [2.05, 4.69) is 23.6 Å². The van der Waals surface area contributed by atoms with Crippen molar-refractivity contribution < 1.29 is 9.53 Å². The van der Waals surface area contributed by atoms with Crippen LogP contribution in [0.4, 0.5) is 4.79 Å². The van der Waals surface area contributed by atoms with Gasteiger partial charge in [0.25, 0.3) is 0 Å². The van der Waals surface area contributed by atoms with Gasteiger partial charge in [-0.15, -0.1) is 0 Å². The van der Waals surface area contributed by atoms with Crippen LogP contribution in [0.1, 0.15) is 18.1 Å². The zero-order valence-electron chi connectivity index (χ0n) is 13.8. The van der Waals surface area contributed by atoms with Gasteiger partial charge >= 0.3 is 6.03 Å². The monoisotopic (exact) mass is 346 g/mol. The summed E-state index contributed by atoms with van der Waals surface area (Å²) in [6.07, 6.45) is 1.75. The smallest absolute Gasteiger partial charge is 0.314 e. The maximum absolute atomic E-state index is 11.7. The molecule has 0 bridgehead atoms. The van der Waals surface area contributed by atoms with Crippen molar-refractivity contribution in [2.24, 2.45) is 0 Å². The number of hydrogen-bond acceptors (Lipinski definition) is 2. The van der Waals surface area contributed by atoms with Crippen LogP contribution in [0.25, 0.3) is 0 Å². The fourth-order valence-corrected chi connectivity index (χ4v) is 2.35. The van der Waals surface area contributed by atoms with Crippen LogP contribution in [0.5, 0.6) is 5.75 Å². The van der Waals surface area contributed by atoms with Gasteiger partial charge in [-0.1, -0.05) is 42.8 Å². The summed E-state index contributed by atoms with van der Waals surface area (Å²) in [6.45, 7) is 3.59. The quantitative estimate of drug-likeness (QED) is 0.714. The van der Waals surface area contributed by atoms with E-state index in [-0.39, 0.29) is 6.03 Å². The average Bonchev–Trinajstić information content (AvgIpc) is 2.61. The molecule has 2 N–H and O–H groups in total. The zero-order valence-corrected chi connectivity index (χ0v) is 14.6. The third kappa shape index (κ3) is 6.50. The second-order valence-electron chi connectivity index (χ2n) is 5.41. The molecule has 0 unspecified atom stereocenters. The molecule has 128 valence electrons. The minimum Gasteiger partial charge on any atom is -0.492 e. The number of aryl methyl sites for hydroxylation is 1. The third-order valence-corrected chi connectivity index (χ3v) is 3.83. The van der Waals surface area contributed by atoms with Gasteiger partial charge < -0.3 is 15.4 Å². The molecule has 5 heteroatoms. The number of rotatable bonds is 8. The SMILES string of the molecule is CCc1cccc(OCCNC(=O)NCCc2ccc(Cl)cc2)c1. The highest BCUT2D eigenvalue weighted by atomic mass is 35.5. The van der Waals surface area contributed by atoms with Crippen LogP contribution >= 0.6 is 11.6 Å². The first kappa shape index (κ1) is 18.1. The molecule has 0 aliphatic carbocycles. The Kier molecular flexibility index (Phi) is 7.43. The number of carbonyl (C=O) groups excluding carboxylic acids is 1. The molecule has 0 aliphatic heterocycles. The van der Waals surface area contributed by atoms with Crippen LogP contribution in [0.2, 0.25) is 5.02 Å². The second kappa shape index (κ2) is 9.83. The van der Waals surface area contributed by atoms with Gasteiger partial charge in [-0.3, -0.25) is 0 Å². The number of urea groups is 1. The highest BCUT2D eigenvalue weighted by molar-refractivity contribution is 6.30. The maximum Gasteiger partial charge on any atom is 0.314 e. The Labute approximate surface area is 148 Å². The van der Waals surface area contributed by atoms with E-state index in [0.717, 1.165) is 24.2 Å². The van der Waals surface area contributed by atoms with Gasteiger partial charge in [-0.2, -0.15) is 0 Å². The normalized spacial score (nSPS) is 10.2. The van der Waals surface area contributed by atoms with Crippen molar-refractivity contribution in [2.45, 2.75) is 19.8 Å². The van der Waals surface area contributed by atoms with Crippen molar-refractivity contribution in [1.82, 2.24) is 10.6 Å². The standard InChI is InChI=1S/C19H23ClN2O2/c1-2-15-4-3-5-18(14-15)24-13-12-22-19(23)21-11-10-16-6-8-17(20)9-7-16/h3-9,14H,2,10-13H2,1H3,(H2,21,22,23). The molecule has 2 rings (SSSR count). The Hall–Kier alpha value is -2.20. The number of carbonyl (C=O) groups is 1. The molecule has 0 saturated heterocycles. The summed E-state index contributed by atoms with van der Waals surface area (Å²) >= 11 is 5.84. The summed E-state index contributed by atoms with van der Waals surface area (Å²) in [4.78, 5) is 11.7. The Bertz CT molecular complexity index is 644. The van der Waals surface area contributed by atoms with Gasteiger partial charge in [0.05, 0.1) is 6.54 Å². The van der Waals surface area contributed by atoms with Gasteiger partial charge in [0, 0.05) is 11.6 Å². The number of halogens is 1. The first-order valence-electron chi connectivity index (χ1n) is 8.15. The molecule has 0 fully saturated rings. The van der Waals surface area contributed by atoms with Gasteiger partial charge in [-0.25, -0.2) is 4.79 Å². The summed E-state index contributed by atoms with van der Waals surface area (Å²) in [7, 11) is 0. The first-order chi connectivity index (χ1) is 11.7. The highest BCUT2D eigenvalue weighted by Crippen LogP contribution is 2.13. The van der Waals surface area contributed by atoms with Crippen LogP contribution in [-0.4, -0.2) is 25.7 Å². The molecule has 0 heterocycles. The van der Waals surface area contributed by atoms with Gasteiger partial charge in [0.15, 0.2) is 0 Å². The maximum atomic E-state index is 11.7. The number of ether oxygens (including phenoxy) is 1. The molecule has 0 spiro atoms. The summed E-state index contributed by atoms with van der Waals surface area (Å²) in [5.74, 6) is 0.833. The molecule has 2 aromatic rings. The molecule has 2 aromatic carbocycles. The first-order valence-corrected chi connectivity index (χ1v) is 8.53. The third-order valence-electron chi connectivity index (χ3n) is 3.58. The van der Waals surface area contributed by atoms with Gasteiger partial charge in [-0.05, 0) is 48.2 Å². The molecular weight excluding hydrogens is 324 g/mol. The summed E-state index contributed by atoms with van der Waals surface area (Å²) in [6, 6.07) is 15.4. The largest absolute Gasteiger partial charge is 0.492 e. The number of benzene rings is 2. The molecule has 2 amide bonds. The number of nitrogens with one attached hydrogen (secondary N) is 2. The second-order valence-corrected chi connectivity index (χ2v) is 5.84. The van der Waals surface area contributed by atoms with Crippen molar-refractivity contribution in [2.75, 3.05) is 19.7 Å². The van der Waals surface area contributed by atoms with E-state index in [1.807, 2.05) is 42.5 Å². The lowest BCUT2D eigenvalue weighted by atomic mass is 10.1. The number of hydrogen-bond donors (Lipinski definition) is 2. The molecule has 4 nitrogen and oxygen atoms in total. The molecule has 24 heavy (non-hydrogen) atoms. The predicted octanol–water partition coefficient (Wildman–Crippen LogP) is 3.82. The summed E-state index contributed by atoms with van der Waals surface area (Å²) < 4.78 is 5.63. The number of amides is 2. The van der Waals surface area contributed by atoms with Crippen LogP contribution in [0, 0.1) is 0 Å². The van der Waals surface area contributed by atoms with E-state index in [0.29, 0.717) is 24.7 Å². The fourth-order valence-electron chi connectivity index (χ4n) is 2.22. The Morgan fingerprint density at radius 3 is 2.54 bits per heavy atom. The highest BCUT2D eigenvalue weighted by Gasteiger charge is 2.00. The van der Waals surface area contributed by atoms with Crippen LogP contribution < -0.4 is 15.4 Å². The molecule has 0 atom stereocenters. The van der Waals surface area contributed by atoms with E-state index < -0.39 is 0 Å². The molecule has 0 saturated carbocycles. The molecule has 0 aromatic heterocycles. The Morgan fingerprint density at radius 2 is 1.79 bits per heavy atom. The van der Waals surface area contributed by atoms with E-state index in [1.54, 1.807) is 0 Å². The van der Waals surface area contributed by atoms with E-state index in [4.69, 9.17) is 16.3 Å². The van der Waals surface area contributed by atoms with Crippen LogP contribution in [0.3, 0.4) is 0 Å². The van der Waals surface area contributed by atoms with Crippen molar-refractivity contribution in [3.63, 3.8) is 0 Å². The zero-order chi connectivity index (χ0) is 17.2. The topological polar surface area (TPSA) is 50.4 Å². The molecule has 0 aliphatic rings. The van der Waals surface area contributed by atoms with Gasteiger partial charge in [0.1, 0.15) is 12.4 Å². The minimum atomic E-state index is -0.185.